The third-order valence-electron chi connectivity index (χ3n) is 6.50. The Morgan fingerprint density at radius 2 is 1.83 bits per heavy atom. The first-order chi connectivity index (χ1) is 17.5. The number of furan rings is 1. The van der Waals surface area contributed by atoms with Gasteiger partial charge in [-0.3, -0.25) is 14.4 Å². The number of piperidine rings is 1. The van der Waals surface area contributed by atoms with Gasteiger partial charge in [-0.15, -0.1) is 0 Å². The molecule has 0 unspecified atom stereocenters. The number of aryl methyl sites for hydroxylation is 1. The van der Waals surface area contributed by atoms with Crippen LogP contribution in [-0.4, -0.2) is 48.9 Å². The molecule has 0 radical (unpaired) electrons. The molecule has 1 fully saturated rings. The van der Waals surface area contributed by atoms with Gasteiger partial charge in [0.05, 0.1) is 25.5 Å². The van der Waals surface area contributed by atoms with Crippen molar-refractivity contribution in [2.75, 3.05) is 20.2 Å². The Morgan fingerprint density at radius 3 is 2.53 bits per heavy atom. The van der Waals surface area contributed by atoms with Crippen molar-refractivity contribution in [3.05, 3.63) is 89.4 Å². The molecular formula is C28H31N3O5. The maximum Gasteiger partial charge on any atom is 0.257 e. The van der Waals surface area contributed by atoms with Gasteiger partial charge in [0.25, 0.3) is 11.8 Å². The molecule has 2 N–H and O–H groups in total. The van der Waals surface area contributed by atoms with Crippen LogP contribution in [0.3, 0.4) is 0 Å². The number of ether oxygens (including phenoxy) is 1. The predicted molar refractivity (Wildman–Crippen MR) is 135 cm³/mol. The number of nitrogens with one attached hydrogen (secondary N) is 2. The van der Waals surface area contributed by atoms with Gasteiger partial charge in [-0.2, -0.15) is 0 Å². The highest BCUT2D eigenvalue weighted by Gasteiger charge is 2.34. The lowest BCUT2D eigenvalue weighted by Crippen LogP contribution is -2.53. The molecule has 8 nitrogen and oxygen atoms in total. The Kier molecular flexibility index (Phi) is 8.05. The summed E-state index contributed by atoms with van der Waals surface area (Å²) in [6, 6.07) is 17.2. The van der Waals surface area contributed by atoms with Crippen molar-refractivity contribution in [1.82, 2.24) is 15.5 Å². The molecule has 2 aromatic carbocycles. The number of carbonyl (C=O) groups is 3. The minimum Gasteiger partial charge on any atom is -0.496 e. The van der Waals surface area contributed by atoms with E-state index in [1.165, 1.54) is 0 Å². The highest BCUT2D eigenvalue weighted by atomic mass is 16.5. The molecule has 1 saturated heterocycles. The average Bonchev–Trinajstić information content (AvgIpc) is 3.44. The van der Waals surface area contributed by atoms with E-state index >= 15 is 0 Å². The van der Waals surface area contributed by atoms with E-state index in [4.69, 9.17) is 9.15 Å². The summed E-state index contributed by atoms with van der Waals surface area (Å²) in [6.07, 6.45) is 2.70. The zero-order chi connectivity index (χ0) is 25.5. The van der Waals surface area contributed by atoms with Crippen LogP contribution in [0.5, 0.6) is 5.75 Å². The van der Waals surface area contributed by atoms with Crippen molar-refractivity contribution in [1.29, 1.82) is 0 Å². The van der Waals surface area contributed by atoms with Gasteiger partial charge >= 0.3 is 0 Å². The number of likely N-dealkylation sites (tertiary alicyclic amines) is 1. The van der Waals surface area contributed by atoms with Crippen molar-refractivity contribution in [3.8, 4) is 5.75 Å². The second-order valence-electron chi connectivity index (χ2n) is 8.95. The average molecular weight is 490 g/mol. The zero-order valence-electron chi connectivity index (χ0n) is 20.5. The lowest BCUT2D eigenvalue weighted by molar-refractivity contribution is -0.124. The fraction of sp³-hybridized carbons (Fsp3) is 0.321. The quantitative estimate of drug-likeness (QED) is 0.504. The molecular weight excluding hydrogens is 458 g/mol. The van der Waals surface area contributed by atoms with Crippen molar-refractivity contribution in [2.45, 2.75) is 32.4 Å². The summed E-state index contributed by atoms with van der Waals surface area (Å²) in [4.78, 5) is 41.1. The molecule has 8 heteroatoms. The van der Waals surface area contributed by atoms with Gasteiger partial charge in [-0.1, -0.05) is 29.8 Å². The fourth-order valence-electron chi connectivity index (χ4n) is 4.53. The Hall–Kier alpha value is -4.07. The summed E-state index contributed by atoms with van der Waals surface area (Å²) in [6.45, 7) is 3.10. The van der Waals surface area contributed by atoms with E-state index in [0.29, 0.717) is 48.6 Å². The molecule has 3 aromatic rings. The molecule has 1 aliphatic rings. The molecule has 0 aliphatic carbocycles. The van der Waals surface area contributed by atoms with E-state index in [-0.39, 0.29) is 30.2 Å². The van der Waals surface area contributed by atoms with Gasteiger partial charge in [0.2, 0.25) is 5.91 Å². The van der Waals surface area contributed by atoms with Crippen LogP contribution >= 0.6 is 0 Å². The number of amides is 3. The van der Waals surface area contributed by atoms with Crippen molar-refractivity contribution in [3.63, 3.8) is 0 Å². The summed E-state index contributed by atoms with van der Waals surface area (Å²) < 4.78 is 10.7. The molecule has 4 rings (SSSR count). The van der Waals surface area contributed by atoms with Gasteiger partial charge in [0.15, 0.2) is 0 Å². The molecule has 0 bridgehead atoms. The molecule has 3 amide bonds. The zero-order valence-corrected chi connectivity index (χ0v) is 20.5. The van der Waals surface area contributed by atoms with Crippen molar-refractivity contribution >= 4 is 17.7 Å². The standard InChI is InChI=1S/C28H31N3O5/c1-19-7-5-8-21(17-19)26(32)30-25(27(33)29-18-22-9-6-16-36-22)20-12-14-31(15-13-20)28(34)23-10-3-4-11-24(23)35-2/h3-11,16-17,20,25H,12-15,18H2,1-2H3,(H,29,33)(H,30,32)/t25-/m0/s1. The Balaban J connectivity index is 1.45. The normalized spacial score (nSPS) is 14.7. The van der Waals surface area contributed by atoms with Crippen LogP contribution in [0.2, 0.25) is 0 Å². The van der Waals surface area contributed by atoms with Gasteiger partial charge in [-0.05, 0) is 62.1 Å². The van der Waals surface area contributed by atoms with Gasteiger partial charge in [0.1, 0.15) is 17.6 Å². The first-order valence-corrected chi connectivity index (χ1v) is 12.1. The summed E-state index contributed by atoms with van der Waals surface area (Å²) in [7, 11) is 1.54. The van der Waals surface area contributed by atoms with E-state index in [1.807, 2.05) is 31.2 Å². The minimum atomic E-state index is -0.739. The highest BCUT2D eigenvalue weighted by Crippen LogP contribution is 2.26. The number of para-hydroxylation sites is 1. The molecule has 1 aromatic heterocycles. The smallest absolute Gasteiger partial charge is 0.257 e. The van der Waals surface area contributed by atoms with Crippen LogP contribution in [0.25, 0.3) is 0 Å². The van der Waals surface area contributed by atoms with Crippen LogP contribution in [0.4, 0.5) is 0 Å². The Labute approximate surface area is 210 Å². The molecule has 0 spiro atoms. The van der Waals surface area contributed by atoms with Crippen LogP contribution < -0.4 is 15.4 Å². The number of carbonyl (C=O) groups excluding carboxylic acids is 3. The molecule has 1 atom stereocenters. The second kappa shape index (κ2) is 11.6. The van der Waals surface area contributed by atoms with Gasteiger partial charge < -0.3 is 24.7 Å². The lowest BCUT2D eigenvalue weighted by atomic mass is 9.88. The number of nitrogens with zero attached hydrogens (tertiary/aromatic N) is 1. The summed E-state index contributed by atoms with van der Waals surface area (Å²) in [5, 5.41) is 5.83. The maximum atomic E-state index is 13.2. The molecule has 1 aliphatic heterocycles. The SMILES string of the molecule is COc1ccccc1C(=O)N1CCC([C@H](NC(=O)c2cccc(C)c2)C(=O)NCc2ccco2)CC1. The van der Waals surface area contributed by atoms with E-state index < -0.39 is 6.04 Å². The number of methoxy groups -OCH3 is 1. The van der Waals surface area contributed by atoms with Gasteiger partial charge in [-0.25, -0.2) is 0 Å². The summed E-state index contributed by atoms with van der Waals surface area (Å²) >= 11 is 0. The minimum absolute atomic E-state index is 0.103. The molecule has 188 valence electrons. The van der Waals surface area contributed by atoms with Crippen LogP contribution in [-0.2, 0) is 11.3 Å². The summed E-state index contributed by atoms with van der Waals surface area (Å²) in [5.41, 5.74) is 1.98. The monoisotopic (exact) mass is 489 g/mol. The van der Waals surface area contributed by atoms with E-state index in [2.05, 4.69) is 10.6 Å². The fourth-order valence-corrected chi connectivity index (χ4v) is 4.53. The van der Waals surface area contributed by atoms with Crippen LogP contribution in [0.1, 0.15) is 44.9 Å². The van der Waals surface area contributed by atoms with Crippen LogP contribution in [0, 0.1) is 12.8 Å². The number of rotatable bonds is 8. The molecule has 0 saturated carbocycles. The highest BCUT2D eigenvalue weighted by molar-refractivity contribution is 5.98. The first kappa shape index (κ1) is 25.0. The molecule has 36 heavy (non-hydrogen) atoms. The number of hydrogen-bond acceptors (Lipinski definition) is 5. The van der Waals surface area contributed by atoms with E-state index in [1.54, 1.807) is 54.7 Å². The van der Waals surface area contributed by atoms with E-state index in [0.717, 1.165) is 5.56 Å². The third kappa shape index (κ3) is 5.94. The van der Waals surface area contributed by atoms with Gasteiger partial charge in [0, 0.05) is 18.7 Å². The van der Waals surface area contributed by atoms with Crippen LogP contribution in [0.15, 0.2) is 71.3 Å². The molecule has 2 heterocycles. The van der Waals surface area contributed by atoms with E-state index in [9.17, 15) is 14.4 Å². The first-order valence-electron chi connectivity index (χ1n) is 12.1. The van der Waals surface area contributed by atoms with Crippen molar-refractivity contribution in [2.24, 2.45) is 5.92 Å². The topological polar surface area (TPSA) is 101 Å². The maximum absolute atomic E-state index is 13.2. The predicted octanol–water partition coefficient (Wildman–Crippen LogP) is 3.56. The summed E-state index contributed by atoms with van der Waals surface area (Å²) in [5.74, 6) is 0.353. The lowest BCUT2D eigenvalue weighted by Gasteiger charge is -2.36. The number of hydrogen-bond donors (Lipinski definition) is 2. The number of benzene rings is 2. The largest absolute Gasteiger partial charge is 0.496 e. The Morgan fingerprint density at radius 1 is 1.06 bits per heavy atom. The Bertz CT molecular complexity index is 1200. The second-order valence-corrected chi connectivity index (χ2v) is 8.95. The third-order valence-corrected chi connectivity index (χ3v) is 6.50. The van der Waals surface area contributed by atoms with Crippen molar-refractivity contribution < 1.29 is 23.5 Å².